The quantitative estimate of drug-likeness (QED) is 0.656. The smallest absolute Gasteiger partial charge is 0.305 e. The number of carboxylic acids is 1. The van der Waals surface area contributed by atoms with Crippen LogP contribution in [0.1, 0.15) is 16.8 Å². The number of carbonyl (C=O) groups excluding carboxylic acids is 1. The van der Waals surface area contributed by atoms with Crippen molar-refractivity contribution >= 4 is 17.6 Å². The summed E-state index contributed by atoms with van der Waals surface area (Å²) in [6.07, 6.45) is -0.174. The van der Waals surface area contributed by atoms with E-state index in [0.717, 1.165) is 12.1 Å². The standard InChI is InChI=1S/C10H11FN2O3/c11-6-1-2-7(8(12)5-6)10(16)13-4-3-9(14)15/h1-2,5H,3-4,12H2,(H,13,16)(H,14,15). The Morgan fingerprint density at radius 1 is 1.44 bits per heavy atom. The van der Waals surface area contributed by atoms with Gasteiger partial charge in [-0.25, -0.2) is 4.39 Å². The van der Waals surface area contributed by atoms with Gasteiger partial charge in [-0.15, -0.1) is 0 Å². The van der Waals surface area contributed by atoms with Gasteiger partial charge < -0.3 is 16.2 Å². The van der Waals surface area contributed by atoms with E-state index in [1.165, 1.54) is 6.07 Å². The Bertz CT molecular complexity index is 421. The Hall–Kier alpha value is -2.11. The van der Waals surface area contributed by atoms with Crippen LogP contribution in [0.3, 0.4) is 0 Å². The van der Waals surface area contributed by atoms with E-state index in [-0.39, 0.29) is 24.2 Å². The lowest BCUT2D eigenvalue weighted by atomic mass is 10.1. The van der Waals surface area contributed by atoms with E-state index in [9.17, 15) is 14.0 Å². The molecule has 16 heavy (non-hydrogen) atoms. The van der Waals surface area contributed by atoms with Gasteiger partial charge >= 0.3 is 5.97 Å². The van der Waals surface area contributed by atoms with Crippen molar-refractivity contribution in [2.24, 2.45) is 0 Å². The third-order valence-corrected chi connectivity index (χ3v) is 1.88. The highest BCUT2D eigenvalue weighted by molar-refractivity contribution is 5.99. The summed E-state index contributed by atoms with van der Waals surface area (Å²) in [7, 11) is 0. The van der Waals surface area contributed by atoms with Crippen molar-refractivity contribution in [3.63, 3.8) is 0 Å². The van der Waals surface area contributed by atoms with Crippen molar-refractivity contribution in [1.29, 1.82) is 0 Å². The SMILES string of the molecule is Nc1cc(F)ccc1C(=O)NCCC(=O)O. The number of nitrogens with one attached hydrogen (secondary N) is 1. The van der Waals surface area contributed by atoms with Crippen molar-refractivity contribution in [3.05, 3.63) is 29.6 Å². The van der Waals surface area contributed by atoms with Crippen molar-refractivity contribution in [1.82, 2.24) is 5.32 Å². The monoisotopic (exact) mass is 226 g/mol. The van der Waals surface area contributed by atoms with Crippen LogP contribution in [-0.4, -0.2) is 23.5 Å². The van der Waals surface area contributed by atoms with E-state index in [0.29, 0.717) is 0 Å². The van der Waals surface area contributed by atoms with E-state index < -0.39 is 17.7 Å². The van der Waals surface area contributed by atoms with E-state index >= 15 is 0 Å². The van der Waals surface area contributed by atoms with Crippen LogP contribution >= 0.6 is 0 Å². The number of hydrogen-bond acceptors (Lipinski definition) is 3. The molecule has 0 saturated carbocycles. The van der Waals surface area contributed by atoms with Gasteiger partial charge in [0.05, 0.1) is 12.0 Å². The number of rotatable bonds is 4. The summed E-state index contributed by atoms with van der Waals surface area (Å²) in [6, 6.07) is 3.40. The number of hydrogen-bond donors (Lipinski definition) is 3. The Labute approximate surface area is 91.1 Å². The minimum atomic E-state index is -1.01. The lowest BCUT2D eigenvalue weighted by Crippen LogP contribution is -2.26. The molecule has 0 unspecified atom stereocenters. The van der Waals surface area contributed by atoms with Crippen molar-refractivity contribution in [2.75, 3.05) is 12.3 Å². The molecular formula is C10H11FN2O3. The molecule has 86 valence electrons. The van der Waals surface area contributed by atoms with Crippen LogP contribution in [0.4, 0.5) is 10.1 Å². The van der Waals surface area contributed by atoms with Crippen LogP contribution in [0.25, 0.3) is 0 Å². The van der Waals surface area contributed by atoms with E-state index in [1.807, 2.05) is 0 Å². The molecule has 1 aromatic rings. The molecule has 0 heterocycles. The molecule has 0 bridgehead atoms. The molecule has 0 aliphatic rings. The summed E-state index contributed by atoms with van der Waals surface area (Å²) in [5.74, 6) is -2.05. The zero-order valence-corrected chi connectivity index (χ0v) is 8.37. The first-order valence-electron chi connectivity index (χ1n) is 4.55. The molecule has 0 aliphatic heterocycles. The molecule has 6 heteroatoms. The number of aliphatic carboxylic acids is 1. The molecule has 0 saturated heterocycles. The number of amides is 1. The van der Waals surface area contributed by atoms with Gasteiger partial charge in [-0.1, -0.05) is 0 Å². The first kappa shape index (κ1) is 12.0. The topological polar surface area (TPSA) is 92.4 Å². The number of anilines is 1. The van der Waals surface area contributed by atoms with Crippen LogP contribution in [-0.2, 0) is 4.79 Å². The van der Waals surface area contributed by atoms with Crippen LogP contribution in [0.15, 0.2) is 18.2 Å². The van der Waals surface area contributed by atoms with Gasteiger partial charge in [0.1, 0.15) is 5.82 Å². The second-order valence-electron chi connectivity index (χ2n) is 3.13. The predicted molar refractivity (Wildman–Crippen MR) is 55.4 cm³/mol. The summed E-state index contributed by atoms with van der Waals surface area (Å²) < 4.78 is 12.7. The second-order valence-corrected chi connectivity index (χ2v) is 3.13. The lowest BCUT2D eigenvalue weighted by molar-refractivity contribution is -0.136. The number of benzene rings is 1. The molecule has 1 amide bonds. The summed E-state index contributed by atoms with van der Waals surface area (Å²) in [6.45, 7) is 0.00494. The summed E-state index contributed by atoms with van der Waals surface area (Å²) in [4.78, 5) is 21.7. The maximum atomic E-state index is 12.7. The molecule has 4 N–H and O–H groups in total. The molecular weight excluding hydrogens is 215 g/mol. The van der Waals surface area contributed by atoms with Crippen LogP contribution in [0, 0.1) is 5.82 Å². The summed E-state index contributed by atoms with van der Waals surface area (Å²) in [5, 5.41) is 10.7. The van der Waals surface area contributed by atoms with E-state index in [1.54, 1.807) is 0 Å². The lowest BCUT2D eigenvalue weighted by Gasteiger charge is -2.06. The average Bonchev–Trinajstić information content (AvgIpc) is 2.16. The summed E-state index contributed by atoms with van der Waals surface area (Å²) >= 11 is 0. The van der Waals surface area contributed by atoms with Crippen molar-refractivity contribution in [2.45, 2.75) is 6.42 Å². The fourth-order valence-corrected chi connectivity index (χ4v) is 1.12. The van der Waals surface area contributed by atoms with Gasteiger partial charge in [0.25, 0.3) is 5.91 Å². The summed E-state index contributed by atoms with van der Waals surface area (Å²) in [5.41, 5.74) is 5.59. The molecule has 0 aliphatic carbocycles. The second kappa shape index (κ2) is 5.11. The molecule has 0 aromatic heterocycles. The average molecular weight is 226 g/mol. The molecule has 0 fully saturated rings. The normalized spacial score (nSPS) is 9.81. The first-order chi connectivity index (χ1) is 7.50. The zero-order valence-electron chi connectivity index (χ0n) is 8.37. The fraction of sp³-hybridized carbons (Fsp3) is 0.200. The minimum Gasteiger partial charge on any atom is -0.481 e. The fourth-order valence-electron chi connectivity index (χ4n) is 1.12. The largest absolute Gasteiger partial charge is 0.481 e. The molecule has 0 radical (unpaired) electrons. The maximum Gasteiger partial charge on any atom is 0.305 e. The van der Waals surface area contributed by atoms with Crippen molar-refractivity contribution < 1.29 is 19.1 Å². The highest BCUT2D eigenvalue weighted by Crippen LogP contribution is 2.12. The zero-order chi connectivity index (χ0) is 12.1. The van der Waals surface area contributed by atoms with E-state index in [2.05, 4.69) is 5.32 Å². The molecule has 0 spiro atoms. The van der Waals surface area contributed by atoms with Gasteiger partial charge in [-0.05, 0) is 18.2 Å². The highest BCUT2D eigenvalue weighted by Gasteiger charge is 2.10. The third kappa shape index (κ3) is 3.23. The Kier molecular flexibility index (Phi) is 3.82. The van der Waals surface area contributed by atoms with Gasteiger partial charge in [0.15, 0.2) is 0 Å². The van der Waals surface area contributed by atoms with Gasteiger partial charge in [-0.3, -0.25) is 9.59 Å². The van der Waals surface area contributed by atoms with Crippen LogP contribution in [0.5, 0.6) is 0 Å². The Morgan fingerprint density at radius 3 is 2.69 bits per heavy atom. The number of nitrogen functional groups attached to an aromatic ring is 1. The molecule has 1 rings (SSSR count). The first-order valence-corrected chi connectivity index (χ1v) is 4.55. The Balaban J connectivity index is 2.63. The van der Waals surface area contributed by atoms with Gasteiger partial charge in [0.2, 0.25) is 0 Å². The minimum absolute atomic E-state index is 0.00494. The number of halogens is 1. The number of carboxylic acid groups (broad SMARTS) is 1. The maximum absolute atomic E-state index is 12.7. The number of nitrogens with two attached hydrogens (primary N) is 1. The predicted octanol–water partition coefficient (Wildman–Crippen LogP) is 0.612. The van der Waals surface area contributed by atoms with Gasteiger partial charge in [0, 0.05) is 12.2 Å². The number of carbonyl (C=O) groups is 2. The van der Waals surface area contributed by atoms with Crippen LogP contribution < -0.4 is 11.1 Å². The molecule has 0 atom stereocenters. The van der Waals surface area contributed by atoms with E-state index in [4.69, 9.17) is 10.8 Å². The highest BCUT2D eigenvalue weighted by atomic mass is 19.1. The van der Waals surface area contributed by atoms with Crippen molar-refractivity contribution in [3.8, 4) is 0 Å². The molecule has 1 aromatic carbocycles. The van der Waals surface area contributed by atoms with Gasteiger partial charge in [-0.2, -0.15) is 0 Å². The van der Waals surface area contributed by atoms with Crippen LogP contribution in [0.2, 0.25) is 0 Å². The Morgan fingerprint density at radius 2 is 2.12 bits per heavy atom. The molecule has 5 nitrogen and oxygen atoms in total. The third-order valence-electron chi connectivity index (χ3n) is 1.88.